The standard InChI is InChI=1S/C33H38ClN3O2S/c1-33(2,3)25-15-13-24(14-16-25)32-37(31(39)27-11-7-8-12-28(27)34)29(22-40-32)30(38)35-26-17-19-36(20-18-26)21-23-9-5-4-6-10-23/h4-16,26,29,32H,17-22H2,1-3H3,(H,35,38). The van der Waals surface area contributed by atoms with Crippen molar-refractivity contribution in [3.05, 3.63) is 106 Å². The monoisotopic (exact) mass is 575 g/mol. The summed E-state index contributed by atoms with van der Waals surface area (Å²) in [6, 6.07) is 25.6. The zero-order valence-electron chi connectivity index (χ0n) is 23.5. The third-order valence-corrected chi connectivity index (χ3v) is 9.54. The van der Waals surface area contributed by atoms with Crippen molar-refractivity contribution in [2.75, 3.05) is 18.8 Å². The van der Waals surface area contributed by atoms with E-state index in [2.05, 4.69) is 79.5 Å². The molecule has 3 aromatic rings. The van der Waals surface area contributed by atoms with Crippen LogP contribution in [0.15, 0.2) is 78.9 Å². The van der Waals surface area contributed by atoms with Gasteiger partial charge in [0.05, 0.1) is 10.6 Å². The highest BCUT2D eigenvalue weighted by atomic mass is 35.5. The lowest BCUT2D eigenvalue weighted by Gasteiger charge is -2.34. The number of carbonyl (C=O) groups is 2. The van der Waals surface area contributed by atoms with Crippen LogP contribution in [0.2, 0.25) is 5.02 Å². The van der Waals surface area contributed by atoms with Gasteiger partial charge >= 0.3 is 0 Å². The molecule has 5 nitrogen and oxygen atoms in total. The normalized spacial score (nSPS) is 20.4. The van der Waals surface area contributed by atoms with Gasteiger partial charge in [0, 0.05) is 31.4 Å². The third kappa shape index (κ3) is 6.56. The van der Waals surface area contributed by atoms with Crippen molar-refractivity contribution in [1.29, 1.82) is 0 Å². The van der Waals surface area contributed by atoms with Gasteiger partial charge in [-0.3, -0.25) is 14.5 Å². The number of nitrogens with zero attached hydrogens (tertiary/aromatic N) is 2. The molecule has 1 N–H and O–H groups in total. The van der Waals surface area contributed by atoms with Gasteiger partial charge in [-0.1, -0.05) is 99.1 Å². The lowest BCUT2D eigenvalue weighted by Crippen LogP contribution is -2.52. The Kier molecular flexibility index (Phi) is 8.89. The SMILES string of the molecule is CC(C)(C)c1ccc(C2SCC(C(=O)NC3CCN(Cc4ccccc4)CC3)N2C(=O)c2ccccc2Cl)cc1. The van der Waals surface area contributed by atoms with E-state index in [9.17, 15) is 9.59 Å². The largest absolute Gasteiger partial charge is 0.351 e. The number of halogens is 1. The number of benzene rings is 3. The molecule has 2 unspecified atom stereocenters. The number of amides is 2. The van der Waals surface area contributed by atoms with E-state index in [0.29, 0.717) is 16.3 Å². The van der Waals surface area contributed by atoms with E-state index in [4.69, 9.17) is 11.6 Å². The third-order valence-electron chi connectivity index (χ3n) is 7.89. The number of hydrogen-bond donors (Lipinski definition) is 1. The molecule has 0 aliphatic carbocycles. The van der Waals surface area contributed by atoms with E-state index in [1.165, 1.54) is 11.1 Å². The van der Waals surface area contributed by atoms with Crippen LogP contribution >= 0.6 is 23.4 Å². The molecule has 2 amide bonds. The second-order valence-corrected chi connectivity index (χ2v) is 13.3. The Labute approximate surface area is 247 Å². The van der Waals surface area contributed by atoms with E-state index in [1.807, 2.05) is 18.2 Å². The van der Waals surface area contributed by atoms with Gasteiger partial charge in [0.2, 0.25) is 5.91 Å². The molecule has 2 heterocycles. The Morgan fingerprint density at radius 1 is 0.925 bits per heavy atom. The van der Waals surface area contributed by atoms with Crippen LogP contribution in [0.5, 0.6) is 0 Å². The molecule has 40 heavy (non-hydrogen) atoms. The quantitative estimate of drug-likeness (QED) is 0.356. The first-order valence-electron chi connectivity index (χ1n) is 14.1. The summed E-state index contributed by atoms with van der Waals surface area (Å²) in [6.45, 7) is 9.36. The highest BCUT2D eigenvalue weighted by Gasteiger charge is 2.43. The van der Waals surface area contributed by atoms with Crippen LogP contribution in [0.25, 0.3) is 0 Å². The van der Waals surface area contributed by atoms with E-state index >= 15 is 0 Å². The van der Waals surface area contributed by atoms with Gasteiger partial charge in [-0.05, 0) is 47.1 Å². The van der Waals surface area contributed by atoms with E-state index in [0.717, 1.165) is 38.0 Å². The van der Waals surface area contributed by atoms with Crippen LogP contribution in [0.3, 0.4) is 0 Å². The lowest BCUT2D eigenvalue weighted by atomic mass is 9.86. The molecule has 0 spiro atoms. The van der Waals surface area contributed by atoms with Crippen molar-refractivity contribution in [2.24, 2.45) is 0 Å². The number of carbonyl (C=O) groups excluding carboxylic acids is 2. The molecule has 0 radical (unpaired) electrons. The van der Waals surface area contributed by atoms with Crippen LogP contribution in [-0.2, 0) is 16.8 Å². The van der Waals surface area contributed by atoms with E-state index < -0.39 is 6.04 Å². The Bertz CT molecular complexity index is 1320. The van der Waals surface area contributed by atoms with Crippen LogP contribution in [-0.4, -0.2) is 52.5 Å². The van der Waals surface area contributed by atoms with E-state index in [-0.39, 0.29) is 28.6 Å². The first-order chi connectivity index (χ1) is 19.2. The second-order valence-electron chi connectivity index (χ2n) is 11.8. The fraction of sp³-hybridized carbons (Fsp3) is 0.394. The molecule has 0 saturated carbocycles. The molecule has 7 heteroatoms. The number of likely N-dealkylation sites (tertiary alicyclic amines) is 1. The average Bonchev–Trinajstić information content (AvgIpc) is 3.40. The summed E-state index contributed by atoms with van der Waals surface area (Å²) in [5.74, 6) is 0.252. The number of piperidine rings is 1. The molecule has 2 aliphatic heterocycles. The zero-order valence-corrected chi connectivity index (χ0v) is 25.0. The first kappa shape index (κ1) is 28.7. The van der Waals surface area contributed by atoms with Crippen molar-refractivity contribution in [1.82, 2.24) is 15.1 Å². The van der Waals surface area contributed by atoms with Crippen LogP contribution in [0.4, 0.5) is 0 Å². The van der Waals surface area contributed by atoms with Crippen molar-refractivity contribution < 1.29 is 9.59 Å². The van der Waals surface area contributed by atoms with Gasteiger partial charge in [-0.25, -0.2) is 0 Å². The maximum atomic E-state index is 13.9. The number of thioether (sulfide) groups is 1. The number of rotatable bonds is 6. The average molecular weight is 576 g/mol. The Hall–Kier alpha value is -2.80. The summed E-state index contributed by atoms with van der Waals surface area (Å²) in [7, 11) is 0. The van der Waals surface area contributed by atoms with Crippen molar-refractivity contribution in [2.45, 2.75) is 63.0 Å². The Morgan fingerprint density at radius 3 is 2.23 bits per heavy atom. The molecule has 0 aromatic heterocycles. The van der Waals surface area contributed by atoms with Crippen LogP contribution in [0, 0.1) is 0 Å². The van der Waals surface area contributed by atoms with Gasteiger partial charge in [0.1, 0.15) is 11.4 Å². The molecule has 2 saturated heterocycles. The van der Waals surface area contributed by atoms with Crippen molar-refractivity contribution in [3.8, 4) is 0 Å². The summed E-state index contributed by atoms with van der Waals surface area (Å²) < 4.78 is 0. The minimum absolute atomic E-state index is 0.0352. The highest BCUT2D eigenvalue weighted by Crippen LogP contribution is 2.43. The molecule has 2 fully saturated rings. The summed E-state index contributed by atoms with van der Waals surface area (Å²) in [5, 5.41) is 3.43. The molecular formula is C33H38ClN3O2S. The molecular weight excluding hydrogens is 538 g/mol. The van der Waals surface area contributed by atoms with Crippen molar-refractivity contribution in [3.63, 3.8) is 0 Å². The van der Waals surface area contributed by atoms with Crippen LogP contribution < -0.4 is 5.32 Å². The van der Waals surface area contributed by atoms with Gasteiger partial charge in [-0.2, -0.15) is 0 Å². The highest BCUT2D eigenvalue weighted by molar-refractivity contribution is 7.99. The first-order valence-corrected chi connectivity index (χ1v) is 15.5. The summed E-state index contributed by atoms with van der Waals surface area (Å²) >= 11 is 8.10. The predicted octanol–water partition coefficient (Wildman–Crippen LogP) is 6.67. The fourth-order valence-electron chi connectivity index (χ4n) is 5.51. The maximum Gasteiger partial charge on any atom is 0.257 e. The van der Waals surface area contributed by atoms with Gasteiger partial charge < -0.3 is 10.2 Å². The molecule has 0 bridgehead atoms. The predicted molar refractivity (Wildman–Crippen MR) is 165 cm³/mol. The zero-order chi connectivity index (χ0) is 28.3. The topological polar surface area (TPSA) is 52.7 Å². The van der Waals surface area contributed by atoms with Crippen LogP contribution in [0.1, 0.15) is 66.0 Å². The Balaban J connectivity index is 1.30. The summed E-state index contributed by atoms with van der Waals surface area (Å²) in [4.78, 5) is 31.8. The Morgan fingerprint density at radius 2 is 1.57 bits per heavy atom. The molecule has 5 rings (SSSR count). The van der Waals surface area contributed by atoms with E-state index in [1.54, 1.807) is 28.8 Å². The minimum Gasteiger partial charge on any atom is -0.351 e. The second kappa shape index (κ2) is 12.4. The summed E-state index contributed by atoms with van der Waals surface area (Å²) in [5.41, 5.74) is 4.02. The molecule has 2 atom stereocenters. The van der Waals surface area contributed by atoms with Crippen molar-refractivity contribution >= 4 is 35.2 Å². The maximum absolute atomic E-state index is 13.9. The summed E-state index contributed by atoms with van der Waals surface area (Å²) in [6.07, 6.45) is 1.79. The minimum atomic E-state index is -0.566. The molecule has 210 valence electrons. The fourth-order valence-corrected chi connectivity index (χ4v) is 7.16. The van der Waals surface area contributed by atoms with Gasteiger partial charge in [-0.15, -0.1) is 11.8 Å². The number of nitrogens with one attached hydrogen (secondary N) is 1. The smallest absolute Gasteiger partial charge is 0.257 e. The lowest BCUT2D eigenvalue weighted by molar-refractivity contribution is -0.125. The molecule has 2 aliphatic rings. The molecule has 3 aromatic carbocycles. The number of hydrogen-bond acceptors (Lipinski definition) is 4. The van der Waals surface area contributed by atoms with Gasteiger partial charge in [0.25, 0.3) is 5.91 Å². The van der Waals surface area contributed by atoms with Gasteiger partial charge in [0.15, 0.2) is 0 Å².